The van der Waals surface area contributed by atoms with Crippen LogP contribution in [0.5, 0.6) is 11.5 Å². The molecule has 0 radical (unpaired) electrons. The molecule has 0 aromatic heterocycles. The number of esters is 1. The molecule has 172 valence electrons. The Bertz CT molecular complexity index is 1150. The van der Waals surface area contributed by atoms with Crippen molar-refractivity contribution in [2.24, 2.45) is 5.73 Å². The third-order valence-corrected chi connectivity index (χ3v) is 4.99. The lowest BCUT2D eigenvalue weighted by molar-refractivity contribution is -0.139. The average molecular weight is 452 g/mol. The standard InChI is InChI=1S/C25H25FN2O5/c1-4-30-21-12-17(9-10-20(21)32-14-16-7-6-8-18(26)11-16)23-19(13-27)24(28)33-15(3)22(23)25(29)31-5-2/h6-12,23H,4-5,14,28H2,1-3H3. The van der Waals surface area contributed by atoms with Crippen LogP contribution in [-0.2, 0) is 20.9 Å². The van der Waals surface area contributed by atoms with Gasteiger partial charge in [0.05, 0.1) is 24.7 Å². The van der Waals surface area contributed by atoms with E-state index in [0.717, 1.165) is 0 Å². The number of carbonyl (C=O) groups excluding carboxylic acids is 1. The van der Waals surface area contributed by atoms with Gasteiger partial charge >= 0.3 is 5.97 Å². The SMILES string of the molecule is CCOC(=O)C1=C(C)OC(N)=C(C#N)C1c1ccc(OCc2cccc(F)c2)c(OCC)c1. The highest BCUT2D eigenvalue weighted by Crippen LogP contribution is 2.42. The molecule has 8 heteroatoms. The van der Waals surface area contributed by atoms with Crippen LogP contribution in [0.2, 0.25) is 0 Å². The smallest absolute Gasteiger partial charge is 0.338 e. The molecule has 0 fully saturated rings. The van der Waals surface area contributed by atoms with Gasteiger partial charge in [-0.15, -0.1) is 0 Å². The third kappa shape index (κ3) is 5.26. The lowest BCUT2D eigenvalue weighted by atomic mass is 9.83. The molecule has 1 aliphatic rings. The maximum Gasteiger partial charge on any atom is 0.338 e. The Labute approximate surface area is 191 Å². The zero-order chi connectivity index (χ0) is 24.0. The molecular weight excluding hydrogens is 427 g/mol. The lowest BCUT2D eigenvalue weighted by Gasteiger charge is -2.27. The Hall–Kier alpha value is -3.99. The van der Waals surface area contributed by atoms with Crippen molar-refractivity contribution in [2.45, 2.75) is 33.3 Å². The Morgan fingerprint density at radius 2 is 1.94 bits per heavy atom. The van der Waals surface area contributed by atoms with Crippen molar-refractivity contribution < 1.29 is 28.1 Å². The number of hydrogen-bond acceptors (Lipinski definition) is 7. The zero-order valence-electron chi connectivity index (χ0n) is 18.7. The first-order valence-electron chi connectivity index (χ1n) is 10.5. The monoisotopic (exact) mass is 452 g/mol. The van der Waals surface area contributed by atoms with Gasteiger partial charge in [-0.1, -0.05) is 18.2 Å². The van der Waals surface area contributed by atoms with Gasteiger partial charge in [0.2, 0.25) is 5.88 Å². The van der Waals surface area contributed by atoms with Crippen LogP contribution in [0, 0.1) is 17.1 Å². The number of hydrogen-bond donors (Lipinski definition) is 1. The first kappa shape index (κ1) is 23.7. The molecule has 3 rings (SSSR count). The van der Waals surface area contributed by atoms with Crippen molar-refractivity contribution >= 4 is 5.97 Å². The predicted molar refractivity (Wildman–Crippen MR) is 118 cm³/mol. The first-order valence-corrected chi connectivity index (χ1v) is 10.5. The first-order chi connectivity index (χ1) is 15.9. The number of ether oxygens (including phenoxy) is 4. The number of nitrogens with two attached hydrogens (primary N) is 1. The summed E-state index contributed by atoms with van der Waals surface area (Å²) in [5.41, 5.74) is 7.50. The van der Waals surface area contributed by atoms with Gasteiger partial charge < -0.3 is 24.7 Å². The maximum atomic E-state index is 13.5. The second-order valence-corrected chi connectivity index (χ2v) is 7.17. The molecule has 0 saturated heterocycles. The van der Waals surface area contributed by atoms with E-state index in [1.807, 2.05) is 13.0 Å². The van der Waals surface area contributed by atoms with Gasteiger partial charge in [0.1, 0.15) is 29.8 Å². The van der Waals surface area contributed by atoms with E-state index in [2.05, 4.69) is 0 Å². The number of carbonyl (C=O) groups is 1. The Morgan fingerprint density at radius 1 is 1.15 bits per heavy atom. The average Bonchev–Trinajstić information content (AvgIpc) is 2.78. The lowest BCUT2D eigenvalue weighted by Crippen LogP contribution is -2.25. The minimum absolute atomic E-state index is 0.0718. The predicted octanol–water partition coefficient (Wildman–Crippen LogP) is 4.45. The van der Waals surface area contributed by atoms with E-state index in [1.165, 1.54) is 12.1 Å². The molecule has 2 N–H and O–H groups in total. The summed E-state index contributed by atoms with van der Waals surface area (Å²) in [5, 5.41) is 9.74. The van der Waals surface area contributed by atoms with Crippen LogP contribution in [0.15, 0.2) is 65.3 Å². The minimum Gasteiger partial charge on any atom is -0.490 e. The molecule has 33 heavy (non-hydrogen) atoms. The van der Waals surface area contributed by atoms with Crippen LogP contribution < -0.4 is 15.2 Å². The number of allylic oxidation sites excluding steroid dienone is 2. The van der Waals surface area contributed by atoms with Crippen LogP contribution >= 0.6 is 0 Å². The summed E-state index contributed by atoms with van der Waals surface area (Å²) >= 11 is 0. The van der Waals surface area contributed by atoms with Gasteiger partial charge in [0.15, 0.2) is 11.5 Å². The molecule has 7 nitrogen and oxygen atoms in total. The highest BCUT2D eigenvalue weighted by molar-refractivity contribution is 5.92. The van der Waals surface area contributed by atoms with Gasteiger partial charge in [0, 0.05) is 0 Å². The molecule has 0 bridgehead atoms. The number of nitriles is 1. The zero-order valence-corrected chi connectivity index (χ0v) is 18.7. The van der Waals surface area contributed by atoms with Crippen molar-refractivity contribution in [1.82, 2.24) is 0 Å². The van der Waals surface area contributed by atoms with Crippen LogP contribution in [0.25, 0.3) is 0 Å². The second-order valence-electron chi connectivity index (χ2n) is 7.17. The molecule has 0 aliphatic carbocycles. The second kappa shape index (κ2) is 10.6. The topological polar surface area (TPSA) is 104 Å². The molecule has 0 amide bonds. The third-order valence-electron chi connectivity index (χ3n) is 4.99. The molecule has 1 aliphatic heterocycles. The van der Waals surface area contributed by atoms with E-state index in [1.54, 1.807) is 44.2 Å². The Balaban J connectivity index is 2.00. The minimum atomic E-state index is -0.792. The van der Waals surface area contributed by atoms with Crippen molar-refractivity contribution in [1.29, 1.82) is 5.26 Å². The van der Waals surface area contributed by atoms with Crippen LogP contribution in [0.1, 0.15) is 37.8 Å². The fourth-order valence-electron chi connectivity index (χ4n) is 3.57. The summed E-state index contributed by atoms with van der Waals surface area (Å²) in [6, 6.07) is 13.3. The van der Waals surface area contributed by atoms with Crippen LogP contribution in [0.3, 0.4) is 0 Å². The summed E-state index contributed by atoms with van der Waals surface area (Å²) in [4.78, 5) is 12.7. The largest absolute Gasteiger partial charge is 0.490 e. The highest BCUT2D eigenvalue weighted by Gasteiger charge is 2.36. The molecule has 1 unspecified atom stereocenters. The summed E-state index contributed by atoms with van der Waals surface area (Å²) in [5.74, 6) is -0.695. The van der Waals surface area contributed by atoms with Crippen molar-refractivity contribution in [3.8, 4) is 17.6 Å². The normalized spacial score (nSPS) is 15.5. The van der Waals surface area contributed by atoms with E-state index in [0.29, 0.717) is 29.2 Å². The Morgan fingerprint density at radius 3 is 2.61 bits per heavy atom. The van der Waals surface area contributed by atoms with Gasteiger partial charge in [-0.2, -0.15) is 5.26 Å². The molecule has 2 aromatic carbocycles. The van der Waals surface area contributed by atoms with Gasteiger partial charge in [-0.05, 0) is 56.2 Å². The van der Waals surface area contributed by atoms with Crippen molar-refractivity contribution in [3.63, 3.8) is 0 Å². The van der Waals surface area contributed by atoms with Crippen LogP contribution in [-0.4, -0.2) is 19.2 Å². The fraction of sp³-hybridized carbons (Fsp3) is 0.280. The molecular formula is C25H25FN2O5. The van der Waals surface area contributed by atoms with Crippen molar-refractivity contribution in [3.05, 3.63) is 82.2 Å². The summed E-state index contributed by atoms with van der Waals surface area (Å²) in [6.07, 6.45) is 0. The highest BCUT2D eigenvalue weighted by atomic mass is 19.1. The van der Waals surface area contributed by atoms with E-state index >= 15 is 0 Å². The van der Waals surface area contributed by atoms with E-state index in [4.69, 9.17) is 24.7 Å². The van der Waals surface area contributed by atoms with E-state index in [9.17, 15) is 14.4 Å². The molecule has 1 atom stereocenters. The number of benzene rings is 2. The molecule has 2 aromatic rings. The van der Waals surface area contributed by atoms with Gasteiger partial charge in [-0.3, -0.25) is 0 Å². The molecule has 0 saturated carbocycles. The maximum absolute atomic E-state index is 13.5. The number of rotatable bonds is 8. The number of nitrogens with zero attached hydrogens (tertiary/aromatic N) is 1. The van der Waals surface area contributed by atoms with Gasteiger partial charge in [-0.25, -0.2) is 9.18 Å². The van der Waals surface area contributed by atoms with Crippen LogP contribution in [0.4, 0.5) is 4.39 Å². The molecule has 0 spiro atoms. The molecule has 1 heterocycles. The number of halogens is 1. The fourth-order valence-corrected chi connectivity index (χ4v) is 3.57. The quantitative estimate of drug-likeness (QED) is 0.590. The van der Waals surface area contributed by atoms with Gasteiger partial charge in [0.25, 0.3) is 0 Å². The van der Waals surface area contributed by atoms with E-state index in [-0.39, 0.29) is 41.8 Å². The van der Waals surface area contributed by atoms with E-state index < -0.39 is 11.9 Å². The Kier molecular flexibility index (Phi) is 7.57. The summed E-state index contributed by atoms with van der Waals surface area (Å²) in [7, 11) is 0. The van der Waals surface area contributed by atoms with Crippen molar-refractivity contribution in [2.75, 3.05) is 13.2 Å². The summed E-state index contributed by atoms with van der Waals surface area (Å²) < 4.78 is 35.7. The summed E-state index contributed by atoms with van der Waals surface area (Å²) in [6.45, 7) is 5.78.